The molecule has 7 heteroatoms. The zero-order valence-electron chi connectivity index (χ0n) is 16.3. The van der Waals surface area contributed by atoms with Crippen LogP contribution < -0.4 is 5.32 Å². The first-order chi connectivity index (χ1) is 12.1. The Hall–Kier alpha value is -2.41. The van der Waals surface area contributed by atoms with E-state index in [-0.39, 0.29) is 27.7 Å². The molecule has 0 radical (unpaired) electrons. The van der Waals surface area contributed by atoms with E-state index in [2.05, 4.69) is 62.0 Å². The van der Waals surface area contributed by atoms with Crippen molar-refractivity contribution in [3.63, 3.8) is 0 Å². The average Bonchev–Trinajstić information content (AvgIpc) is 3.04. The molecule has 0 amide bonds. The summed E-state index contributed by atoms with van der Waals surface area (Å²) >= 11 is 0. The van der Waals surface area contributed by atoms with Gasteiger partial charge in [0.1, 0.15) is 0 Å². The fraction of sp³-hybridized carbons (Fsp3) is 0.526. The van der Waals surface area contributed by atoms with Gasteiger partial charge in [0.05, 0.1) is 16.2 Å². The van der Waals surface area contributed by atoms with Crippen molar-refractivity contribution in [2.45, 2.75) is 65.1 Å². The Kier molecular flexibility index (Phi) is 4.30. The molecule has 1 unspecified atom stereocenters. The number of anilines is 2. The standard InChI is InChI=1S/C19H27N5O2/c1-7-14-15-16(19(5,6)23(14)18(2,3)4)21-22-17(15)20-12-9-8-10-13(11-12)24(25)26/h8-11,14H,7H2,1-6H3,(H2,20,21,22). The van der Waals surface area contributed by atoms with Gasteiger partial charge in [-0.25, -0.2) is 0 Å². The van der Waals surface area contributed by atoms with Crippen LogP contribution in [-0.4, -0.2) is 25.6 Å². The normalized spacial score (nSPS) is 19.4. The number of nitro benzene ring substituents is 1. The van der Waals surface area contributed by atoms with Crippen molar-refractivity contribution < 1.29 is 4.92 Å². The summed E-state index contributed by atoms with van der Waals surface area (Å²) in [5, 5.41) is 22.0. The molecule has 1 aliphatic heterocycles. The summed E-state index contributed by atoms with van der Waals surface area (Å²) in [5.41, 5.74) is 2.80. The Morgan fingerprint density at radius 1 is 1.38 bits per heavy atom. The van der Waals surface area contributed by atoms with Crippen molar-refractivity contribution in [3.05, 3.63) is 45.6 Å². The van der Waals surface area contributed by atoms with E-state index in [1.54, 1.807) is 6.07 Å². The summed E-state index contributed by atoms with van der Waals surface area (Å²) in [6.07, 6.45) is 0.955. The van der Waals surface area contributed by atoms with Crippen molar-refractivity contribution in [3.8, 4) is 0 Å². The third-order valence-corrected chi connectivity index (χ3v) is 5.09. The SMILES string of the molecule is CCC1c2c(Nc3cccc([N+](=O)[O-])c3)n[nH]c2C(C)(C)N1C(C)(C)C. The topological polar surface area (TPSA) is 87.1 Å². The maximum atomic E-state index is 11.0. The van der Waals surface area contributed by atoms with Gasteiger partial charge in [-0.3, -0.25) is 20.1 Å². The lowest BCUT2D eigenvalue weighted by atomic mass is 9.94. The van der Waals surface area contributed by atoms with Crippen LogP contribution >= 0.6 is 0 Å². The van der Waals surface area contributed by atoms with Gasteiger partial charge < -0.3 is 5.32 Å². The first-order valence-corrected chi connectivity index (χ1v) is 8.97. The highest BCUT2D eigenvalue weighted by Crippen LogP contribution is 2.52. The molecule has 2 aromatic rings. The first-order valence-electron chi connectivity index (χ1n) is 8.97. The molecule has 26 heavy (non-hydrogen) atoms. The monoisotopic (exact) mass is 357 g/mol. The average molecular weight is 357 g/mol. The molecule has 140 valence electrons. The second kappa shape index (κ2) is 6.09. The lowest BCUT2D eigenvalue weighted by Gasteiger charge is -2.45. The molecule has 3 rings (SSSR count). The summed E-state index contributed by atoms with van der Waals surface area (Å²) < 4.78 is 0. The van der Waals surface area contributed by atoms with E-state index < -0.39 is 0 Å². The number of nitrogens with zero attached hydrogens (tertiary/aromatic N) is 3. The van der Waals surface area contributed by atoms with E-state index >= 15 is 0 Å². The summed E-state index contributed by atoms with van der Waals surface area (Å²) in [6.45, 7) is 13.3. The van der Waals surface area contributed by atoms with E-state index in [4.69, 9.17) is 0 Å². The number of nitro groups is 1. The minimum absolute atomic E-state index is 0.00710. The molecule has 0 spiro atoms. The highest BCUT2D eigenvalue weighted by molar-refractivity contribution is 5.65. The van der Waals surface area contributed by atoms with Crippen LogP contribution in [0.5, 0.6) is 0 Å². The number of aromatic amines is 1. The Labute approximate surface area is 153 Å². The second-order valence-corrected chi connectivity index (χ2v) is 8.32. The van der Waals surface area contributed by atoms with Crippen LogP contribution in [-0.2, 0) is 5.54 Å². The second-order valence-electron chi connectivity index (χ2n) is 8.32. The number of rotatable bonds is 4. The fourth-order valence-electron chi connectivity index (χ4n) is 4.40. The van der Waals surface area contributed by atoms with E-state index in [1.165, 1.54) is 12.1 Å². The summed E-state index contributed by atoms with van der Waals surface area (Å²) in [4.78, 5) is 13.2. The van der Waals surface area contributed by atoms with Gasteiger partial charge in [0.15, 0.2) is 5.82 Å². The molecule has 0 saturated carbocycles. The Bertz CT molecular complexity index is 835. The van der Waals surface area contributed by atoms with E-state index in [9.17, 15) is 10.1 Å². The molecule has 0 bridgehead atoms. The van der Waals surface area contributed by atoms with Gasteiger partial charge in [-0.05, 0) is 47.1 Å². The predicted octanol–water partition coefficient (Wildman–Crippen LogP) is 4.86. The smallest absolute Gasteiger partial charge is 0.271 e. The molecular formula is C19H27N5O2. The fourth-order valence-corrected chi connectivity index (χ4v) is 4.40. The molecule has 2 N–H and O–H groups in total. The van der Waals surface area contributed by atoms with Gasteiger partial charge in [0.25, 0.3) is 5.69 Å². The van der Waals surface area contributed by atoms with Gasteiger partial charge in [-0.2, -0.15) is 5.10 Å². The number of H-pyrrole nitrogens is 1. The zero-order valence-corrected chi connectivity index (χ0v) is 16.3. The lowest BCUT2D eigenvalue weighted by molar-refractivity contribution is -0.384. The molecule has 2 heterocycles. The lowest BCUT2D eigenvalue weighted by Crippen LogP contribution is -2.50. The summed E-state index contributed by atoms with van der Waals surface area (Å²) in [7, 11) is 0. The minimum Gasteiger partial charge on any atom is -0.338 e. The Balaban J connectivity index is 2.03. The summed E-state index contributed by atoms with van der Waals surface area (Å²) in [6, 6.07) is 6.73. The highest BCUT2D eigenvalue weighted by Gasteiger charge is 2.50. The van der Waals surface area contributed by atoms with Crippen LogP contribution in [0.4, 0.5) is 17.2 Å². The minimum atomic E-state index is -0.389. The molecule has 0 aliphatic carbocycles. The van der Waals surface area contributed by atoms with Crippen molar-refractivity contribution in [2.24, 2.45) is 0 Å². The van der Waals surface area contributed by atoms with Crippen LogP contribution in [0.1, 0.15) is 65.3 Å². The van der Waals surface area contributed by atoms with Crippen molar-refractivity contribution in [2.75, 3.05) is 5.32 Å². The number of fused-ring (bicyclic) bond motifs is 1. The van der Waals surface area contributed by atoms with Gasteiger partial charge in [0.2, 0.25) is 0 Å². The number of hydrogen-bond acceptors (Lipinski definition) is 5. The van der Waals surface area contributed by atoms with Crippen LogP contribution in [0.25, 0.3) is 0 Å². The molecule has 1 aromatic heterocycles. The van der Waals surface area contributed by atoms with Crippen molar-refractivity contribution >= 4 is 17.2 Å². The van der Waals surface area contributed by atoms with E-state index in [0.29, 0.717) is 5.69 Å². The largest absolute Gasteiger partial charge is 0.338 e. The molecular weight excluding hydrogens is 330 g/mol. The quantitative estimate of drug-likeness (QED) is 0.602. The van der Waals surface area contributed by atoms with Gasteiger partial charge in [-0.1, -0.05) is 13.0 Å². The van der Waals surface area contributed by atoms with Gasteiger partial charge in [0, 0.05) is 35.0 Å². The van der Waals surface area contributed by atoms with Crippen LogP contribution in [0, 0.1) is 10.1 Å². The van der Waals surface area contributed by atoms with Crippen molar-refractivity contribution in [1.82, 2.24) is 15.1 Å². The van der Waals surface area contributed by atoms with E-state index in [0.717, 1.165) is 23.5 Å². The molecule has 0 fully saturated rings. The van der Waals surface area contributed by atoms with Crippen LogP contribution in [0.3, 0.4) is 0 Å². The number of nitrogens with one attached hydrogen (secondary N) is 2. The molecule has 0 saturated heterocycles. The first kappa shape index (κ1) is 18.4. The number of hydrogen-bond donors (Lipinski definition) is 2. The number of benzene rings is 1. The summed E-state index contributed by atoms with van der Waals surface area (Å²) in [5.74, 6) is 0.743. The van der Waals surface area contributed by atoms with Crippen LogP contribution in [0.15, 0.2) is 24.3 Å². The molecule has 1 aliphatic rings. The highest BCUT2D eigenvalue weighted by atomic mass is 16.6. The molecule has 1 aromatic carbocycles. The number of non-ortho nitro benzene ring substituents is 1. The molecule has 1 atom stereocenters. The van der Waals surface area contributed by atoms with Crippen molar-refractivity contribution in [1.29, 1.82) is 0 Å². The number of aromatic nitrogens is 2. The Morgan fingerprint density at radius 3 is 2.65 bits per heavy atom. The van der Waals surface area contributed by atoms with Gasteiger partial charge >= 0.3 is 0 Å². The molecule has 7 nitrogen and oxygen atoms in total. The van der Waals surface area contributed by atoms with E-state index in [1.807, 2.05) is 6.07 Å². The maximum Gasteiger partial charge on any atom is 0.271 e. The maximum absolute atomic E-state index is 11.0. The predicted molar refractivity (Wildman–Crippen MR) is 103 cm³/mol. The van der Waals surface area contributed by atoms with Gasteiger partial charge in [-0.15, -0.1) is 0 Å². The Morgan fingerprint density at radius 2 is 2.08 bits per heavy atom. The van der Waals surface area contributed by atoms with Crippen LogP contribution in [0.2, 0.25) is 0 Å². The zero-order chi connectivity index (χ0) is 19.3. The third kappa shape index (κ3) is 2.86. The third-order valence-electron chi connectivity index (χ3n) is 5.09.